The lowest BCUT2D eigenvalue weighted by Gasteiger charge is -2.11. The van der Waals surface area contributed by atoms with Gasteiger partial charge in [-0.1, -0.05) is 0 Å². The zero-order valence-electron chi connectivity index (χ0n) is 9.31. The molecule has 0 bridgehead atoms. The van der Waals surface area contributed by atoms with Gasteiger partial charge in [0.2, 0.25) is 0 Å². The Labute approximate surface area is 97.7 Å². The van der Waals surface area contributed by atoms with Crippen LogP contribution in [0.2, 0.25) is 0 Å². The highest BCUT2D eigenvalue weighted by Crippen LogP contribution is 1.95. The van der Waals surface area contributed by atoms with Crippen LogP contribution in [0.3, 0.4) is 0 Å². The standard InChI is InChI=1S/C6H4N4O.C4H10N2/c11-6-4-1-7-2-8-5(4)9-3-10-6;1-2-6-4-3-5-1/h1-3H,(H,7,8,9,10,11);5-6H,1-4H2. The summed E-state index contributed by atoms with van der Waals surface area (Å²) in [6.45, 7) is 4.56. The lowest BCUT2D eigenvalue weighted by atomic mass is 10.4. The fraction of sp³-hybridized carbons (Fsp3) is 0.400. The number of piperazine rings is 1. The van der Waals surface area contributed by atoms with Crippen LogP contribution >= 0.6 is 0 Å². The zero-order chi connectivity index (χ0) is 11.9. The fourth-order valence-electron chi connectivity index (χ4n) is 1.42. The Morgan fingerprint density at radius 2 is 1.76 bits per heavy atom. The van der Waals surface area contributed by atoms with Gasteiger partial charge >= 0.3 is 0 Å². The van der Waals surface area contributed by atoms with E-state index in [-0.39, 0.29) is 5.56 Å². The summed E-state index contributed by atoms with van der Waals surface area (Å²) in [6, 6.07) is 0. The van der Waals surface area contributed by atoms with Crippen molar-refractivity contribution >= 4 is 11.0 Å². The first-order valence-corrected chi connectivity index (χ1v) is 5.43. The highest BCUT2D eigenvalue weighted by molar-refractivity contribution is 5.70. The number of fused-ring (bicyclic) bond motifs is 1. The van der Waals surface area contributed by atoms with Gasteiger partial charge in [-0.25, -0.2) is 15.0 Å². The van der Waals surface area contributed by atoms with Gasteiger partial charge < -0.3 is 15.6 Å². The molecule has 0 atom stereocenters. The molecule has 2 aromatic rings. The summed E-state index contributed by atoms with van der Waals surface area (Å²) in [5, 5.41) is 6.86. The number of hydrogen-bond acceptors (Lipinski definition) is 6. The van der Waals surface area contributed by atoms with E-state index in [4.69, 9.17) is 0 Å². The van der Waals surface area contributed by atoms with Crippen molar-refractivity contribution in [3.05, 3.63) is 29.2 Å². The van der Waals surface area contributed by atoms with Crippen LogP contribution in [0.4, 0.5) is 0 Å². The van der Waals surface area contributed by atoms with Crippen LogP contribution in [0.5, 0.6) is 0 Å². The maximum atomic E-state index is 11.0. The van der Waals surface area contributed by atoms with Gasteiger partial charge in [-0.2, -0.15) is 0 Å². The third kappa shape index (κ3) is 3.30. The number of nitrogens with one attached hydrogen (secondary N) is 3. The van der Waals surface area contributed by atoms with Gasteiger partial charge in [0, 0.05) is 32.4 Å². The molecule has 0 radical (unpaired) electrons. The van der Waals surface area contributed by atoms with E-state index >= 15 is 0 Å². The Hall–Kier alpha value is -1.86. The first-order valence-electron chi connectivity index (χ1n) is 5.43. The Morgan fingerprint density at radius 1 is 1.06 bits per heavy atom. The molecule has 0 saturated carbocycles. The van der Waals surface area contributed by atoms with E-state index in [1.54, 1.807) is 0 Å². The summed E-state index contributed by atoms with van der Waals surface area (Å²) in [5.74, 6) is 0. The molecule has 7 heteroatoms. The molecule has 3 rings (SSSR count). The average Bonchev–Trinajstić information content (AvgIpc) is 2.42. The smallest absolute Gasteiger partial charge is 0.261 e. The van der Waals surface area contributed by atoms with Crippen molar-refractivity contribution in [3.63, 3.8) is 0 Å². The summed E-state index contributed by atoms with van der Waals surface area (Å²) in [4.78, 5) is 24.8. The van der Waals surface area contributed by atoms with Crippen molar-refractivity contribution in [1.29, 1.82) is 0 Å². The van der Waals surface area contributed by atoms with E-state index in [1.165, 1.54) is 18.9 Å². The highest BCUT2D eigenvalue weighted by atomic mass is 16.1. The molecule has 0 amide bonds. The van der Waals surface area contributed by atoms with Crippen molar-refractivity contribution in [2.24, 2.45) is 0 Å². The average molecular weight is 234 g/mol. The monoisotopic (exact) mass is 234 g/mol. The number of hydrogen-bond donors (Lipinski definition) is 3. The quantitative estimate of drug-likeness (QED) is 0.535. The predicted octanol–water partition coefficient (Wildman–Crippen LogP) is -1.11. The maximum absolute atomic E-state index is 11.0. The minimum Gasteiger partial charge on any atom is -0.314 e. The van der Waals surface area contributed by atoms with Gasteiger partial charge in [0.15, 0.2) is 5.65 Å². The molecule has 0 spiro atoms. The molecule has 1 aliphatic rings. The Morgan fingerprint density at radius 3 is 2.35 bits per heavy atom. The van der Waals surface area contributed by atoms with Crippen LogP contribution in [-0.2, 0) is 0 Å². The van der Waals surface area contributed by atoms with Crippen molar-refractivity contribution < 1.29 is 0 Å². The van der Waals surface area contributed by atoms with Crippen LogP contribution in [0.1, 0.15) is 0 Å². The third-order valence-electron chi connectivity index (χ3n) is 2.28. The topological polar surface area (TPSA) is 95.6 Å². The van der Waals surface area contributed by atoms with E-state index in [9.17, 15) is 4.79 Å². The Balaban J connectivity index is 0.000000153. The molecule has 1 aliphatic heterocycles. The molecule has 2 aromatic heterocycles. The summed E-state index contributed by atoms with van der Waals surface area (Å²) < 4.78 is 0. The second kappa shape index (κ2) is 6.02. The molecule has 7 nitrogen and oxygen atoms in total. The maximum Gasteiger partial charge on any atom is 0.261 e. The summed E-state index contributed by atoms with van der Waals surface area (Å²) >= 11 is 0. The summed E-state index contributed by atoms with van der Waals surface area (Å²) in [6.07, 6.45) is 4.11. The SMILES string of the molecule is C1CNCCN1.O=c1[nH]cnc2ncncc12. The van der Waals surface area contributed by atoms with E-state index in [1.807, 2.05) is 0 Å². The van der Waals surface area contributed by atoms with Gasteiger partial charge in [-0.15, -0.1) is 0 Å². The number of aromatic nitrogens is 4. The molecule has 1 saturated heterocycles. The minimum atomic E-state index is -0.212. The molecular formula is C10H14N6O. The number of rotatable bonds is 0. The summed E-state index contributed by atoms with van der Waals surface area (Å²) in [7, 11) is 0. The number of nitrogens with zero attached hydrogens (tertiary/aromatic N) is 3. The third-order valence-corrected chi connectivity index (χ3v) is 2.28. The number of H-pyrrole nitrogens is 1. The molecule has 90 valence electrons. The highest BCUT2D eigenvalue weighted by Gasteiger charge is 1.96. The Bertz CT molecular complexity index is 504. The van der Waals surface area contributed by atoms with Crippen molar-refractivity contribution in [2.45, 2.75) is 0 Å². The van der Waals surface area contributed by atoms with Crippen LogP contribution in [-0.4, -0.2) is 46.1 Å². The van der Waals surface area contributed by atoms with Gasteiger partial charge in [-0.3, -0.25) is 4.79 Å². The second-order valence-electron chi connectivity index (χ2n) is 3.49. The fourth-order valence-corrected chi connectivity index (χ4v) is 1.42. The summed E-state index contributed by atoms with van der Waals surface area (Å²) in [5.41, 5.74) is 0.208. The van der Waals surface area contributed by atoms with Crippen LogP contribution in [0.15, 0.2) is 23.6 Å². The predicted molar refractivity (Wildman–Crippen MR) is 63.7 cm³/mol. The van der Waals surface area contributed by atoms with Crippen molar-refractivity contribution in [1.82, 2.24) is 30.6 Å². The van der Waals surface area contributed by atoms with Crippen molar-refractivity contribution in [2.75, 3.05) is 26.2 Å². The van der Waals surface area contributed by atoms with E-state index in [0.29, 0.717) is 11.0 Å². The minimum absolute atomic E-state index is 0.212. The van der Waals surface area contributed by atoms with E-state index in [0.717, 1.165) is 26.2 Å². The van der Waals surface area contributed by atoms with Gasteiger partial charge in [0.25, 0.3) is 5.56 Å². The van der Waals surface area contributed by atoms with Gasteiger partial charge in [-0.05, 0) is 0 Å². The zero-order valence-corrected chi connectivity index (χ0v) is 9.31. The van der Waals surface area contributed by atoms with E-state index in [2.05, 4.69) is 30.6 Å². The largest absolute Gasteiger partial charge is 0.314 e. The van der Waals surface area contributed by atoms with Crippen LogP contribution in [0, 0.1) is 0 Å². The second-order valence-corrected chi connectivity index (χ2v) is 3.49. The molecular weight excluding hydrogens is 220 g/mol. The lowest BCUT2D eigenvalue weighted by molar-refractivity contribution is 0.534. The van der Waals surface area contributed by atoms with Gasteiger partial charge in [0.1, 0.15) is 11.7 Å². The first kappa shape index (κ1) is 11.6. The molecule has 1 fully saturated rings. The Kier molecular flexibility index (Phi) is 4.11. The lowest BCUT2D eigenvalue weighted by Crippen LogP contribution is -2.39. The molecule has 0 aliphatic carbocycles. The molecule has 3 heterocycles. The molecule has 17 heavy (non-hydrogen) atoms. The number of aromatic amines is 1. The van der Waals surface area contributed by atoms with Crippen molar-refractivity contribution in [3.8, 4) is 0 Å². The van der Waals surface area contributed by atoms with Crippen LogP contribution in [0.25, 0.3) is 11.0 Å². The first-order chi connectivity index (χ1) is 8.38. The molecule has 0 aromatic carbocycles. The molecule has 0 unspecified atom stereocenters. The van der Waals surface area contributed by atoms with Crippen LogP contribution < -0.4 is 16.2 Å². The normalized spacial score (nSPS) is 15.1. The van der Waals surface area contributed by atoms with Gasteiger partial charge in [0.05, 0.1) is 6.33 Å². The molecule has 3 N–H and O–H groups in total. The van der Waals surface area contributed by atoms with E-state index < -0.39 is 0 Å².